The van der Waals surface area contributed by atoms with E-state index in [1.807, 2.05) is 0 Å². The molecule has 0 aliphatic heterocycles. The molecule has 3 nitrogen and oxygen atoms in total. The molecule has 0 N–H and O–H groups in total. The number of aryl methyl sites for hydroxylation is 1. The topological polar surface area (TPSA) is 35.5 Å². The van der Waals surface area contributed by atoms with Gasteiger partial charge in [0.1, 0.15) is 5.75 Å². The molecule has 0 amide bonds. The summed E-state index contributed by atoms with van der Waals surface area (Å²) in [7, 11) is 0. The molecule has 0 spiro atoms. The van der Waals surface area contributed by atoms with E-state index >= 15 is 0 Å². The molecule has 0 aliphatic carbocycles. The molecular weight excluding hydrogens is 350 g/mol. The van der Waals surface area contributed by atoms with Gasteiger partial charge in [-0.25, -0.2) is 0 Å². The molecule has 0 bridgehead atoms. The highest BCUT2D eigenvalue weighted by Crippen LogP contribution is 2.44. The number of hydrogen-bond acceptors (Lipinski definition) is 4. The second-order valence-electron chi connectivity index (χ2n) is 4.15. The van der Waals surface area contributed by atoms with Gasteiger partial charge in [-0.3, -0.25) is 4.79 Å². The molecule has 0 aliphatic rings. The molecule has 1 rings (SSSR count). The summed E-state index contributed by atoms with van der Waals surface area (Å²) >= 11 is -0.717. The molecule has 0 unspecified atom stereocenters. The number of hydrogen-bond donors (Lipinski definition) is 0. The minimum Gasteiger partial charge on any atom is -0.466 e. The Kier molecular flexibility index (Phi) is 6.60. The van der Waals surface area contributed by atoms with Crippen LogP contribution in [0.1, 0.15) is 18.9 Å². The first kappa shape index (κ1) is 19.5. The summed E-state index contributed by atoms with van der Waals surface area (Å²) in [5, 5.41) is 0. The lowest BCUT2D eigenvalue weighted by Gasteiger charge is -2.17. The van der Waals surface area contributed by atoms with Gasteiger partial charge in [0.25, 0.3) is 0 Å². The van der Waals surface area contributed by atoms with E-state index in [4.69, 9.17) is 0 Å². The molecule has 0 fully saturated rings. The molecule has 1 aromatic rings. The summed E-state index contributed by atoms with van der Waals surface area (Å²) in [5.41, 5.74) is -4.88. The molecule has 0 atom stereocenters. The Morgan fingerprint density at radius 1 is 1.17 bits per heavy atom. The van der Waals surface area contributed by atoms with Crippen molar-refractivity contribution in [2.24, 2.45) is 0 Å². The Balaban J connectivity index is 3.07. The van der Waals surface area contributed by atoms with E-state index in [2.05, 4.69) is 9.47 Å². The summed E-state index contributed by atoms with van der Waals surface area (Å²) < 4.78 is 83.0. The van der Waals surface area contributed by atoms with E-state index in [1.165, 1.54) is 6.07 Å². The Labute approximate surface area is 131 Å². The van der Waals surface area contributed by atoms with Crippen LogP contribution in [-0.4, -0.2) is 24.4 Å². The number of carbonyl (C=O) groups is 1. The lowest BCUT2D eigenvalue weighted by Crippen LogP contribution is -2.18. The minimum atomic E-state index is -5.12. The molecule has 0 saturated carbocycles. The molecule has 10 heteroatoms. The van der Waals surface area contributed by atoms with Crippen LogP contribution >= 0.6 is 11.8 Å². The Morgan fingerprint density at radius 2 is 1.83 bits per heavy atom. The normalized spacial score (nSPS) is 12.1. The van der Waals surface area contributed by atoms with Crippen molar-refractivity contribution >= 4 is 17.7 Å². The fourth-order valence-electron chi connectivity index (χ4n) is 1.66. The Morgan fingerprint density at radius 3 is 2.35 bits per heavy atom. The van der Waals surface area contributed by atoms with Crippen molar-refractivity contribution in [2.75, 3.05) is 6.61 Å². The monoisotopic (exact) mass is 362 g/mol. The largest absolute Gasteiger partial charge is 0.573 e. The summed E-state index contributed by atoms with van der Waals surface area (Å²) in [6.07, 6.45) is -5.58. The van der Waals surface area contributed by atoms with Gasteiger partial charge in [0.05, 0.1) is 11.5 Å². The molecule has 130 valence electrons. The van der Waals surface area contributed by atoms with Crippen LogP contribution in [-0.2, 0) is 16.0 Å². The maximum Gasteiger partial charge on any atom is 0.573 e. The Bertz CT molecular complexity index is 541. The van der Waals surface area contributed by atoms with Gasteiger partial charge in [-0.15, -0.1) is 13.2 Å². The number of benzene rings is 1. The maximum absolute atomic E-state index is 12.6. The van der Waals surface area contributed by atoms with Crippen LogP contribution in [0.2, 0.25) is 0 Å². The van der Waals surface area contributed by atoms with Crippen molar-refractivity contribution in [3.63, 3.8) is 0 Å². The van der Waals surface area contributed by atoms with Gasteiger partial charge >= 0.3 is 17.8 Å². The van der Waals surface area contributed by atoms with E-state index in [0.29, 0.717) is 0 Å². The number of alkyl halides is 6. The van der Waals surface area contributed by atoms with Crippen molar-refractivity contribution < 1.29 is 40.6 Å². The van der Waals surface area contributed by atoms with Crippen molar-refractivity contribution in [3.05, 3.63) is 23.8 Å². The highest BCUT2D eigenvalue weighted by atomic mass is 32.2. The Hall–Kier alpha value is -1.58. The lowest BCUT2D eigenvalue weighted by atomic mass is 10.1. The van der Waals surface area contributed by atoms with Gasteiger partial charge in [0.2, 0.25) is 0 Å². The van der Waals surface area contributed by atoms with Crippen LogP contribution < -0.4 is 4.74 Å². The lowest BCUT2D eigenvalue weighted by molar-refractivity contribution is -0.275. The van der Waals surface area contributed by atoms with Crippen LogP contribution in [0.3, 0.4) is 0 Å². The van der Waals surface area contributed by atoms with Gasteiger partial charge in [-0.2, -0.15) is 13.2 Å². The first-order valence-electron chi connectivity index (χ1n) is 6.31. The number of esters is 1. The summed E-state index contributed by atoms with van der Waals surface area (Å²) in [6.45, 7) is 1.65. The predicted molar refractivity (Wildman–Crippen MR) is 70.0 cm³/mol. The quantitative estimate of drug-likeness (QED) is 0.418. The van der Waals surface area contributed by atoms with E-state index in [1.54, 1.807) is 6.92 Å². The van der Waals surface area contributed by atoms with Crippen molar-refractivity contribution in [2.45, 2.75) is 36.5 Å². The summed E-state index contributed by atoms with van der Waals surface area (Å²) in [6, 6.07) is 3.12. The van der Waals surface area contributed by atoms with Gasteiger partial charge in [0, 0.05) is 6.42 Å². The average Bonchev–Trinajstić information content (AvgIpc) is 2.36. The van der Waals surface area contributed by atoms with Gasteiger partial charge in [0.15, 0.2) is 0 Å². The van der Waals surface area contributed by atoms with Crippen LogP contribution in [0.5, 0.6) is 5.75 Å². The minimum absolute atomic E-state index is 0.0814. The zero-order valence-electron chi connectivity index (χ0n) is 11.8. The van der Waals surface area contributed by atoms with E-state index < -0.39 is 40.2 Å². The van der Waals surface area contributed by atoms with E-state index in [-0.39, 0.29) is 25.0 Å². The van der Waals surface area contributed by atoms with Gasteiger partial charge in [-0.05, 0) is 36.7 Å². The van der Waals surface area contributed by atoms with Crippen molar-refractivity contribution in [3.8, 4) is 5.75 Å². The summed E-state index contributed by atoms with van der Waals surface area (Å²) in [4.78, 5) is 10.5. The number of ether oxygens (including phenoxy) is 2. The molecular formula is C13H12F6O3S. The number of halogens is 6. The smallest absolute Gasteiger partial charge is 0.466 e. The maximum atomic E-state index is 12.6. The second kappa shape index (κ2) is 7.80. The van der Waals surface area contributed by atoms with Crippen LogP contribution in [0.25, 0.3) is 0 Å². The summed E-state index contributed by atoms with van der Waals surface area (Å²) in [5.74, 6) is -1.61. The molecule has 23 heavy (non-hydrogen) atoms. The van der Waals surface area contributed by atoms with E-state index in [0.717, 1.165) is 12.1 Å². The second-order valence-corrected chi connectivity index (χ2v) is 5.22. The fraction of sp³-hybridized carbons (Fsp3) is 0.462. The van der Waals surface area contributed by atoms with Crippen LogP contribution in [0, 0.1) is 0 Å². The molecule has 0 heterocycles. The molecule has 1 aromatic carbocycles. The van der Waals surface area contributed by atoms with Crippen molar-refractivity contribution in [1.29, 1.82) is 0 Å². The van der Waals surface area contributed by atoms with Crippen molar-refractivity contribution in [1.82, 2.24) is 0 Å². The standard InChI is InChI=1S/C13H12F6O3S/c1-2-21-10(20)7-6-8-4-3-5-9(22-12(14,15)16)11(8)23-13(17,18)19/h3-5H,2,6-7H2,1H3. The zero-order valence-corrected chi connectivity index (χ0v) is 12.6. The third kappa shape index (κ3) is 7.49. The van der Waals surface area contributed by atoms with Gasteiger partial charge < -0.3 is 9.47 Å². The van der Waals surface area contributed by atoms with Crippen LogP contribution in [0.4, 0.5) is 26.3 Å². The van der Waals surface area contributed by atoms with Crippen LogP contribution in [0.15, 0.2) is 23.1 Å². The molecule has 0 radical (unpaired) electrons. The molecule has 0 aromatic heterocycles. The highest BCUT2D eigenvalue weighted by Gasteiger charge is 2.36. The SMILES string of the molecule is CCOC(=O)CCc1cccc(OC(F)(F)F)c1SC(F)(F)F. The number of carbonyl (C=O) groups excluding carboxylic acids is 1. The molecule has 0 saturated heterocycles. The third-order valence-corrected chi connectivity index (χ3v) is 3.31. The zero-order chi connectivity index (χ0) is 17.7. The predicted octanol–water partition coefficient (Wildman–Crippen LogP) is 4.69. The fourth-order valence-corrected chi connectivity index (χ4v) is 2.41. The van der Waals surface area contributed by atoms with Gasteiger partial charge in [-0.1, -0.05) is 12.1 Å². The average molecular weight is 362 g/mol. The van der Waals surface area contributed by atoms with E-state index in [9.17, 15) is 31.1 Å². The first-order chi connectivity index (χ1) is 10.5. The number of rotatable bonds is 6. The first-order valence-corrected chi connectivity index (χ1v) is 7.12. The number of thioether (sulfide) groups is 1. The highest BCUT2D eigenvalue weighted by molar-refractivity contribution is 8.00. The third-order valence-electron chi connectivity index (χ3n) is 2.41.